The van der Waals surface area contributed by atoms with Crippen LogP contribution in [0, 0.1) is 0 Å². The lowest BCUT2D eigenvalue weighted by molar-refractivity contribution is -0.138. The minimum absolute atomic E-state index is 0.0362. The number of halogens is 3. The molecule has 9 nitrogen and oxygen atoms in total. The van der Waals surface area contributed by atoms with Gasteiger partial charge in [0.05, 0.1) is 23.2 Å². The van der Waals surface area contributed by atoms with Crippen LogP contribution in [0.25, 0.3) is 10.8 Å². The number of nitrogens with zero attached hydrogens (tertiary/aromatic N) is 6. The minimum Gasteiger partial charge on any atom is -0.338 e. The normalized spacial score (nSPS) is 18.1. The molecule has 0 bridgehead atoms. The van der Waals surface area contributed by atoms with Crippen molar-refractivity contribution < 1.29 is 18.0 Å². The van der Waals surface area contributed by atoms with Crippen LogP contribution < -0.4 is 10.5 Å². The van der Waals surface area contributed by atoms with Gasteiger partial charge in [-0.15, -0.1) is 0 Å². The molecule has 2 aliphatic rings. The van der Waals surface area contributed by atoms with Crippen LogP contribution in [-0.2, 0) is 11.0 Å². The lowest BCUT2D eigenvalue weighted by atomic mass is 9.90. The highest BCUT2D eigenvalue weighted by Crippen LogP contribution is 2.30. The first-order valence-corrected chi connectivity index (χ1v) is 11.9. The lowest BCUT2D eigenvalue weighted by Crippen LogP contribution is -2.52. The average molecular weight is 502 g/mol. The van der Waals surface area contributed by atoms with E-state index in [2.05, 4.69) is 25.1 Å². The molecule has 2 aromatic heterocycles. The van der Waals surface area contributed by atoms with Gasteiger partial charge in [0.25, 0.3) is 5.56 Å². The monoisotopic (exact) mass is 501 g/mol. The van der Waals surface area contributed by atoms with E-state index in [-0.39, 0.29) is 23.3 Å². The summed E-state index contributed by atoms with van der Waals surface area (Å²) in [5.41, 5.74) is -0.173. The van der Waals surface area contributed by atoms with Gasteiger partial charge >= 0.3 is 6.18 Å². The highest BCUT2D eigenvalue weighted by molar-refractivity contribution is 5.83. The van der Waals surface area contributed by atoms with Crippen LogP contribution in [0.4, 0.5) is 19.1 Å². The number of nitrogens with one attached hydrogen (secondary N) is 1. The summed E-state index contributed by atoms with van der Waals surface area (Å²) in [5, 5.41) is 8.47. The maximum absolute atomic E-state index is 12.9. The summed E-state index contributed by atoms with van der Waals surface area (Å²) < 4.78 is 38.2. The smallest absolute Gasteiger partial charge is 0.338 e. The number of hydrogen-bond donors (Lipinski definition) is 1. The Morgan fingerprint density at radius 3 is 2.25 bits per heavy atom. The van der Waals surface area contributed by atoms with E-state index >= 15 is 0 Å². The first kappa shape index (κ1) is 24.2. The van der Waals surface area contributed by atoms with Crippen molar-refractivity contribution in [1.82, 2.24) is 30.0 Å². The molecule has 0 atom stereocenters. The fourth-order valence-electron chi connectivity index (χ4n) is 4.89. The Bertz CT molecular complexity index is 1280. The number of H-pyrrole nitrogens is 1. The molecule has 5 rings (SSSR count). The molecule has 12 heteroatoms. The van der Waals surface area contributed by atoms with Gasteiger partial charge in [-0.1, -0.05) is 18.2 Å². The molecule has 2 aliphatic heterocycles. The third-order valence-electron chi connectivity index (χ3n) is 6.94. The predicted octanol–water partition coefficient (Wildman–Crippen LogP) is 2.26. The van der Waals surface area contributed by atoms with Gasteiger partial charge in [0, 0.05) is 49.9 Å². The molecule has 1 N–H and O–H groups in total. The van der Waals surface area contributed by atoms with Gasteiger partial charge in [0.15, 0.2) is 0 Å². The Hall–Kier alpha value is -3.54. The second-order valence-corrected chi connectivity index (χ2v) is 9.17. The zero-order valence-corrected chi connectivity index (χ0v) is 19.5. The summed E-state index contributed by atoms with van der Waals surface area (Å²) in [6.45, 7) is 3.69. The van der Waals surface area contributed by atoms with Crippen LogP contribution in [0.2, 0.25) is 0 Å². The van der Waals surface area contributed by atoms with E-state index in [0.717, 1.165) is 49.4 Å². The second kappa shape index (κ2) is 9.84. The quantitative estimate of drug-likeness (QED) is 0.586. The van der Waals surface area contributed by atoms with Gasteiger partial charge < -0.3 is 9.80 Å². The summed E-state index contributed by atoms with van der Waals surface area (Å²) >= 11 is 0. The summed E-state index contributed by atoms with van der Waals surface area (Å²) in [7, 11) is 0. The van der Waals surface area contributed by atoms with E-state index in [4.69, 9.17) is 0 Å². The molecule has 2 saturated heterocycles. The molecule has 190 valence electrons. The lowest BCUT2D eigenvalue weighted by Gasteiger charge is -2.37. The Kier molecular flexibility index (Phi) is 6.61. The van der Waals surface area contributed by atoms with Crippen molar-refractivity contribution in [3.8, 4) is 0 Å². The molecule has 2 fully saturated rings. The number of amides is 1. The number of benzene rings is 1. The van der Waals surface area contributed by atoms with Crippen LogP contribution in [-0.4, -0.2) is 81.7 Å². The molecule has 1 aromatic carbocycles. The standard InChI is InChI=1S/C24H26F3N7O2/c25-24(26,27)17-13-28-23(29-14-17)34-11-9-33(10-12-34)20(35)15-32-7-5-16(6-8-32)21-18-3-1-2-4-19(18)22(36)31-30-21/h1-4,13-14,16H,5-12,15H2,(H,31,36). The first-order valence-electron chi connectivity index (χ1n) is 11.9. The highest BCUT2D eigenvalue weighted by atomic mass is 19.4. The Morgan fingerprint density at radius 2 is 1.61 bits per heavy atom. The number of alkyl halides is 3. The van der Waals surface area contributed by atoms with Gasteiger partial charge in [0.1, 0.15) is 0 Å². The maximum Gasteiger partial charge on any atom is 0.419 e. The Morgan fingerprint density at radius 1 is 0.972 bits per heavy atom. The van der Waals surface area contributed by atoms with Crippen molar-refractivity contribution in [2.45, 2.75) is 24.9 Å². The number of aromatic amines is 1. The van der Waals surface area contributed by atoms with Crippen molar-refractivity contribution in [1.29, 1.82) is 0 Å². The van der Waals surface area contributed by atoms with Crippen molar-refractivity contribution in [3.63, 3.8) is 0 Å². The number of anilines is 1. The minimum atomic E-state index is -4.47. The SMILES string of the molecule is O=C(CN1CCC(c2n[nH]c(=O)c3ccccc23)CC1)N1CCN(c2ncc(C(F)(F)F)cn2)CC1. The van der Waals surface area contributed by atoms with E-state index in [1.165, 1.54) is 0 Å². The molecular weight excluding hydrogens is 475 g/mol. The number of piperazine rings is 1. The second-order valence-electron chi connectivity index (χ2n) is 9.17. The first-order chi connectivity index (χ1) is 17.3. The van der Waals surface area contributed by atoms with Crippen molar-refractivity contribution in [2.75, 3.05) is 50.7 Å². The maximum atomic E-state index is 12.9. The fraction of sp³-hybridized carbons (Fsp3) is 0.458. The highest BCUT2D eigenvalue weighted by Gasteiger charge is 2.32. The van der Waals surface area contributed by atoms with Crippen LogP contribution in [0.3, 0.4) is 0 Å². The Balaban J connectivity index is 1.12. The van der Waals surface area contributed by atoms with Crippen molar-refractivity contribution >= 4 is 22.6 Å². The van der Waals surface area contributed by atoms with Gasteiger partial charge in [-0.3, -0.25) is 14.5 Å². The third-order valence-corrected chi connectivity index (χ3v) is 6.94. The van der Waals surface area contributed by atoms with Crippen LogP contribution in [0.1, 0.15) is 30.0 Å². The molecule has 0 radical (unpaired) electrons. The molecule has 4 heterocycles. The molecule has 1 amide bonds. The number of likely N-dealkylation sites (tertiary alicyclic amines) is 1. The van der Waals surface area contributed by atoms with Crippen molar-refractivity contribution in [2.24, 2.45) is 0 Å². The Labute approximate surface area is 204 Å². The number of carbonyl (C=O) groups is 1. The van der Waals surface area contributed by atoms with Gasteiger partial charge in [-0.2, -0.15) is 18.3 Å². The zero-order chi connectivity index (χ0) is 25.3. The number of carbonyl (C=O) groups excluding carboxylic acids is 1. The van der Waals surface area contributed by atoms with E-state index in [1.54, 1.807) is 15.9 Å². The van der Waals surface area contributed by atoms with Crippen LogP contribution in [0.15, 0.2) is 41.5 Å². The predicted molar refractivity (Wildman–Crippen MR) is 127 cm³/mol. The van der Waals surface area contributed by atoms with E-state index in [1.807, 2.05) is 18.2 Å². The fourth-order valence-corrected chi connectivity index (χ4v) is 4.89. The molecule has 0 unspecified atom stereocenters. The third kappa shape index (κ3) is 5.03. The van der Waals surface area contributed by atoms with Gasteiger partial charge in [0.2, 0.25) is 11.9 Å². The number of aromatic nitrogens is 4. The van der Waals surface area contributed by atoms with E-state index in [9.17, 15) is 22.8 Å². The summed E-state index contributed by atoms with van der Waals surface area (Å²) in [5.74, 6) is 0.486. The zero-order valence-electron chi connectivity index (χ0n) is 19.5. The van der Waals surface area contributed by atoms with E-state index in [0.29, 0.717) is 38.1 Å². The number of rotatable bonds is 4. The van der Waals surface area contributed by atoms with Gasteiger partial charge in [-0.05, 0) is 32.0 Å². The topological polar surface area (TPSA) is 98.3 Å². The van der Waals surface area contributed by atoms with E-state index < -0.39 is 11.7 Å². The molecular formula is C24H26F3N7O2. The summed E-state index contributed by atoms with van der Waals surface area (Å²) in [4.78, 5) is 38.4. The molecule has 0 saturated carbocycles. The molecule has 0 spiro atoms. The summed E-state index contributed by atoms with van der Waals surface area (Å²) in [6.07, 6.45) is -1.21. The van der Waals surface area contributed by atoms with Gasteiger partial charge in [-0.25, -0.2) is 15.1 Å². The summed E-state index contributed by atoms with van der Waals surface area (Å²) in [6, 6.07) is 7.48. The van der Waals surface area contributed by atoms with Crippen molar-refractivity contribution in [3.05, 3.63) is 58.3 Å². The number of hydrogen-bond acceptors (Lipinski definition) is 7. The van der Waals surface area contributed by atoms with Crippen LogP contribution in [0.5, 0.6) is 0 Å². The van der Waals surface area contributed by atoms with Crippen LogP contribution >= 0.6 is 0 Å². The number of fused-ring (bicyclic) bond motifs is 1. The molecule has 3 aromatic rings. The number of piperidine rings is 1. The largest absolute Gasteiger partial charge is 0.419 e. The molecule has 36 heavy (non-hydrogen) atoms. The molecule has 0 aliphatic carbocycles. The average Bonchev–Trinajstić information content (AvgIpc) is 2.89.